The van der Waals surface area contributed by atoms with Gasteiger partial charge in [-0.15, -0.1) is 0 Å². The van der Waals surface area contributed by atoms with Gasteiger partial charge >= 0.3 is 16.2 Å². The van der Waals surface area contributed by atoms with E-state index in [1.807, 2.05) is 7.05 Å². The molecule has 5 rings (SSSR count). The van der Waals surface area contributed by atoms with Crippen molar-refractivity contribution in [1.29, 1.82) is 0 Å². The van der Waals surface area contributed by atoms with Crippen LogP contribution in [0.15, 0.2) is 18.5 Å². The van der Waals surface area contributed by atoms with Crippen molar-refractivity contribution in [3.63, 3.8) is 0 Å². The van der Waals surface area contributed by atoms with E-state index in [1.54, 1.807) is 17.9 Å². The quantitative estimate of drug-likeness (QED) is 0.672. The van der Waals surface area contributed by atoms with Gasteiger partial charge in [-0.1, -0.05) is 6.07 Å². The molecule has 1 saturated heterocycles. The lowest BCUT2D eigenvalue weighted by Gasteiger charge is -2.29. The number of carbonyl (C=O) groups excluding carboxylic acids is 1. The Labute approximate surface area is 195 Å². The van der Waals surface area contributed by atoms with Crippen LogP contribution in [-0.2, 0) is 42.9 Å². The first-order valence-electron chi connectivity index (χ1n) is 11.8. The summed E-state index contributed by atoms with van der Waals surface area (Å²) in [6.45, 7) is 1.20. The number of likely N-dealkylation sites (N-methyl/N-ethyl adjacent to an activating group) is 1. The number of urea groups is 1. The molecule has 1 fully saturated rings. The van der Waals surface area contributed by atoms with Gasteiger partial charge in [0, 0.05) is 25.0 Å². The third kappa shape index (κ3) is 4.33. The number of hydrogen-bond donors (Lipinski definition) is 2. The Morgan fingerprint density at radius 3 is 2.39 bits per heavy atom. The number of likely N-dealkylation sites (tertiary alicyclic amines) is 1. The molecule has 178 valence electrons. The second-order valence-corrected chi connectivity index (χ2v) is 11.1. The highest BCUT2D eigenvalue weighted by Crippen LogP contribution is 2.38. The van der Waals surface area contributed by atoms with Crippen LogP contribution in [0.4, 0.5) is 16.2 Å². The highest BCUT2D eigenvalue weighted by Gasteiger charge is 2.32. The van der Waals surface area contributed by atoms with Crippen molar-refractivity contribution in [2.45, 2.75) is 57.4 Å². The number of carbonyl (C=O) groups is 1. The topological polar surface area (TPSA) is 99.6 Å². The fraction of sp³-hybridized carbons (Fsp3) is 0.565. The summed E-state index contributed by atoms with van der Waals surface area (Å²) in [6.07, 6.45) is 11.1. The molecule has 1 atom stereocenters. The molecule has 9 nitrogen and oxygen atoms in total. The van der Waals surface area contributed by atoms with E-state index in [4.69, 9.17) is 0 Å². The number of nitrogens with zero attached hydrogens (tertiary/aromatic N) is 4. The number of nitrogens with one attached hydrogen (secondary N) is 2. The van der Waals surface area contributed by atoms with Crippen LogP contribution >= 0.6 is 0 Å². The molecule has 0 bridgehead atoms. The molecule has 1 aromatic carbocycles. The van der Waals surface area contributed by atoms with Gasteiger partial charge in [-0.25, -0.2) is 13.8 Å². The van der Waals surface area contributed by atoms with Crippen LogP contribution in [0, 0.1) is 0 Å². The van der Waals surface area contributed by atoms with Crippen molar-refractivity contribution in [2.24, 2.45) is 7.05 Å². The van der Waals surface area contributed by atoms with E-state index < -0.39 is 16.2 Å². The van der Waals surface area contributed by atoms with E-state index in [0.717, 1.165) is 63.6 Å². The maximum atomic E-state index is 13.4. The number of benzene rings is 1. The summed E-state index contributed by atoms with van der Waals surface area (Å²) in [5, 5.41) is 7.06. The minimum absolute atomic E-state index is 0.0884. The van der Waals surface area contributed by atoms with E-state index in [0.29, 0.717) is 5.69 Å². The predicted octanol–water partition coefficient (Wildman–Crippen LogP) is 2.36. The van der Waals surface area contributed by atoms with Crippen LogP contribution in [-0.4, -0.2) is 55.3 Å². The van der Waals surface area contributed by atoms with Gasteiger partial charge in [-0.3, -0.25) is 4.68 Å². The average Bonchev–Trinajstić information content (AvgIpc) is 3.53. The number of aryl methyl sites for hydroxylation is 3. The summed E-state index contributed by atoms with van der Waals surface area (Å²) in [5.74, 6) is 0. The van der Waals surface area contributed by atoms with E-state index in [-0.39, 0.29) is 12.6 Å². The average molecular weight is 473 g/mol. The molecule has 1 aromatic heterocycles. The lowest BCUT2D eigenvalue weighted by Crippen LogP contribution is -2.49. The van der Waals surface area contributed by atoms with Gasteiger partial charge < -0.3 is 10.2 Å². The molecule has 10 heteroatoms. The Bertz CT molecular complexity index is 1140. The zero-order valence-electron chi connectivity index (χ0n) is 19.3. The van der Waals surface area contributed by atoms with Crippen LogP contribution in [0.25, 0.3) is 0 Å². The zero-order valence-corrected chi connectivity index (χ0v) is 20.1. The lowest BCUT2D eigenvalue weighted by atomic mass is 9.99. The SMILES string of the molecule is CN1CCCC1CN(c1cnn(C)c1)S(=O)(=O)NC(=O)Nc1c2c(cc3c1CCC3)CCC2. The number of amides is 2. The Hall–Kier alpha value is -2.59. The van der Waals surface area contributed by atoms with Gasteiger partial charge in [0.05, 0.1) is 18.4 Å². The first-order chi connectivity index (χ1) is 15.8. The van der Waals surface area contributed by atoms with Crippen molar-refractivity contribution in [3.8, 4) is 0 Å². The molecule has 1 aliphatic heterocycles. The van der Waals surface area contributed by atoms with E-state index in [9.17, 15) is 13.2 Å². The van der Waals surface area contributed by atoms with Crippen molar-refractivity contribution >= 4 is 27.6 Å². The fourth-order valence-corrected chi connectivity index (χ4v) is 6.69. The number of anilines is 2. The van der Waals surface area contributed by atoms with Gasteiger partial charge in [-0.05, 0) is 87.2 Å². The van der Waals surface area contributed by atoms with Crippen LogP contribution in [0.5, 0.6) is 0 Å². The zero-order chi connectivity index (χ0) is 23.2. The van der Waals surface area contributed by atoms with Crippen LogP contribution < -0.4 is 14.3 Å². The highest BCUT2D eigenvalue weighted by atomic mass is 32.2. The number of fused-ring (bicyclic) bond motifs is 2. The molecular formula is C23H32N6O3S. The van der Waals surface area contributed by atoms with Gasteiger partial charge in [0.25, 0.3) is 0 Å². The minimum Gasteiger partial charge on any atom is -0.307 e. The van der Waals surface area contributed by atoms with Crippen LogP contribution in [0.2, 0.25) is 0 Å². The summed E-state index contributed by atoms with van der Waals surface area (Å²) < 4.78 is 31.9. The Kier molecular flexibility index (Phi) is 5.82. The Morgan fingerprint density at radius 2 is 1.82 bits per heavy atom. The summed E-state index contributed by atoms with van der Waals surface area (Å²) >= 11 is 0. The maximum Gasteiger partial charge on any atom is 0.334 e. The molecule has 3 aliphatic rings. The molecule has 2 heterocycles. The summed E-state index contributed by atoms with van der Waals surface area (Å²) in [4.78, 5) is 15.2. The molecule has 2 amide bonds. The van der Waals surface area contributed by atoms with Crippen molar-refractivity contribution in [2.75, 3.05) is 29.8 Å². The smallest absolute Gasteiger partial charge is 0.307 e. The molecule has 0 spiro atoms. The van der Waals surface area contributed by atoms with E-state index in [2.05, 4.69) is 26.1 Å². The summed E-state index contributed by atoms with van der Waals surface area (Å²) in [7, 11) is -0.384. The van der Waals surface area contributed by atoms with E-state index in [1.165, 1.54) is 32.8 Å². The predicted molar refractivity (Wildman–Crippen MR) is 128 cm³/mol. The molecule has 2 aromatic rings. The molecular weight excluding hydrogens is 440 g/mol. The molecule has 1 unspecified atom stereocenters. The van der Waals surface area contributed by atoms with Crippen molar-refractivity contribution in [1.82, 2.24) is 19.4 Å². The van der Waals surface area contributed by atoms with Crippen LogP contribution in [0.1, 0.15) is 47.9 Å². The summed E-state index contributed by atoms with van der Waals surface area (Å²) in [5.41, 5.74) is 6.18. The lowest BCUT2D eigenvalue weighted by molar-refractivity contribution is 0.256. The second kappa shape index (κ2) is 8.64. The normalized spacial score (nSPS) is 20.0. The number of rotatable bonds is 6. The molecule has 33 heavy (non-hydrogen) atoms. The molecule has 2 aliphatic carbocycles. The third-order valence-electron chi connectivity index (χ3n) is 7.25. The minimum atomic E-state index is -4.13. The fourth-order valence-electron chi connectivity index (χ4n) is 5.56. The second-order valence-electron chi connectivity index (χ2n) is 9.48. The van der Waals surface area contributed by atoms with Crippen molar-refractivity contribution < 1.29 is 13.2 Å². The monoisotopic (exact) mass is 472 g/mol. The maximum absolute atomic E-state index is 13.4. The largest absolute Gasteiger partial charge is 0.334 e. The van der Waals surface area contributed by atoms with Crippen LogP contribution in [0.3, 0.4) is 0 Å². The summed E-state index contributed by atoms with van der Waals surface area (Å²) in [6, 6.07) is 1.66. The van der Waals surface area contributed by atoms with Gasteiger partial charge in [-0.2, -0.15) is 13.5 Å². The molecule has 0 radical (unpaired) electrons. The Morgan fingerprint density at radius 1 is 1.12 bits per heavy atom. The third-order valence-corrected chi connectivity index (χ3v) is 8.63. The molecule has 0 saturated carbocycles. The number of aromatic nitrogens is 2. The Balaban J connectivity index is 1.39. The number of hydrogen-bond acceptors (Lipinski definition) is 5. The van der Waals surface area contributed by atoms with Gasteiger partial charge in [0.2, 0.25) is 0 Å². The first-order valence-corrected chi connectivity index (χ1v) is 13.2. The van der Waals surface area contributed by atoms with Crippen molar-refractivity contribution in [3.05, 3.63) is 40.7 Å². The van der Waals surface area contributed by atoms with Gasteiger partial charge in [0.15, 0.2) is 0 Å². The molecule has 2 N–H and O–H groups in total. The standard InChI is InChI=1S/C23H32N6O3S/c1-27-11-5-8-18(27)15-29(19-13-24-28(2)14-19)33(31,32)26-23(30)25-22-20-9-3-6-16(20)12-17-7-4-10-21(17)22/h12-14,18H,3-11,15H2,1-2H3,(H2,25,26,30). The highest BCUT2D eigenvalue weighted by molar-refractivity contribution is 7.91. The van der Waals surface area contributed by atoms with E-state index >= 15 is 0 Å². The van der Waals surface area contributed by atoms with Gasteiger partial charge in [0.1, 0.15) is 0 Å². The first kappa shape index (κ1) is 22.2.